The summed E-state index contributed by atoms with van der Waals surface area (Å²) in [5.74, 6) is 1.96. The highest BCUT2D eigenvalue weighted by atomic mass is 16.5. The third kappa shape index (κ3) is 3.84. The van der Waals surface area contributed by atoms with E-state index in [1.54, 1.807) is 13.4 Å². The maximum atomic E-state index is 5.08. The lowest BCUT2D eigenvalue weighted by molar-refractivity contribution is 0.196. The van der Waals surface area contributed by atoms with Crippen LogP contribution in [0.3, 0.4) is 0 Å². The van der Waals surface area contributed by atoms with Gasteiger partial charge in [0.25, 0.3) is 0 Å². The van der Waals surface area contributed by atoms with E-state index in [4.69, 9.17) is 4.74 Å². The zero-order valence-corrected chi connectivity index (χ0v) is 11.9. The Hall–Kier alpha value is -1.36. The van der Waals surface area contributed by atoms with E-state index in [9.17, 15) is 0 Å². The van der Waals surface area contributed by atoms with Crippen molar-refractivity contribution in [1.29, 1.82) is 0 Å². The molecule has 1 aromatic rings. The van der Waals surface area contributed by atoms with Gasteiger partial charge in [-0.3, -0.25) is 0 Å². The lowest BCUT2D eigenvalue weighted by atomic mass is 10.2. The van der Waals surface area contributed by atoms with E-state index in [0.717, 1.165) is 44.2 Å². The van der Waals surface area contributed by atoms with Gasteiger partial charge in [-0.15, -0.1) is 0 Å². The maximum Gasteiger partial charge on any atom is 0.137 e. The van der Waals surface area contributed by atoms with Gasteiger partial charge in [0, 0.05) is 39.4 Å². The number of hydrogen-bond donors (Lipinski definition) is 1. The first-order valence-corrected chi connectivity index (χ1v) is 6.52. The molecule has 1 aromatic heterocycles. The number of hydrogen-bond acceptors (Lipinski definition) is 5. The van der Waals surface area contributed by atoms with Crippen molar-refractivity contribution < 1.29 is 4.74 Å². The van der Waals surface area contributed by atoms with Crippen LogP contribution in [0.1, 0.15) is 25.8 Å². The largest absolute Gasteiger partial charge is 0.385 e. The summed E-state index contributed by atoms with van der Waals surface area (Å²) in [6.45, 7) is 6.78. The first-order chi connectivity index (χ1) is 8.74. The Morgan fingerprint density at radius 1 is 1.33 bits per heavy atom. The Morgan fingerprint density at radius 3 is 2.72 bits per heavy atom. The van der Waals surface area contributed by atoms with Crippen LogP contribution in [-0.4, -0.2) is 43.8 Å². The first kappa shape index (κ1) is 14.7. The summed E-state index contributed by atoms with van der Waals surface area (Å²) in [7, 11) is 3.79. The summed E-state index contributed by atoms with van der Waals surface area (Å²) in [5.41, 5.74) is 1.18. The topological polar surface area (TPSA) is 50.3 Å². The molecule has 5 nitrogen and oxygen atoms in total. The predicted octanol–water partition coefficient (Wildman–Crippen LogP) is 1.94. The molecular weight excluding hydrogens is 228 g/mol. The molecule has 0 bridgehead atoms. The number of aromatic nitrogens is 2. The molecule has 0 saturated heterocycles. The van der Waals surface area contributed by atoms with Crippen LogP contribution < -0.4 is 10.2 Å². The van der Waals surface area contributed by atoms with Crippen LogP contribution >= 0.6 is 0 Å². The zero-order chi connectivity index (χ0) is 13.4. The van der Waals surface area contributed by atoms with Gasteiger partial charge < -0.3 is 15.0 Å². The average Bonchev–Trinajstić information content (AvgIpc) is 2.39. The summed E-state index contributed by atoms with van der Waals surface area (Å²) in [6.07, 6.45) is 3.54. The van der Waals surface area contributed by atoms with Crippen molar-refractivity contribution in [1.82, 2.24) is 9.97 Å². The van der Waals surface area contributed by atoms with Gasteiger partial charge in [0.05, 0.1) is 0 Å². The molecule has 102 valence electrons. The fourth-order valence-corrected chi connectivity index (χ4v) is 1.93. The van der Waals surface area contributed by atoms with Gasteiger partial charge in [0.1, 0.15) is 18.0 Å². The van der Waals surface area contributed by atoms with Crippen molar-refractivity contribution in [2.24, 2.45) is 0 Å². The van der Waals surface area contributed by atoms with Crippen LogP contribution in [0.4, 0.5) is 11.6 Å². The molecule has 0 aliphatic heterocycles. The molecule has 1 N–H and O–H groups in total. The van der Waals surface area contributed by atoms with E-state index in [0.29, 0.717) is 0 Å². The standard InChI is InChI=1S/C13H24N4O/c1-5-11-12(14-6-2)15-10-16-13(11)17(3)8-7-9-18-4/h10H,5-9H2,1-4H3,(H,14,15,16). The highest BCUT2D eigenvalue weighted by Gasteiger charge is 2.12. The van der Waals surface area contributed by atoms with Gasteiger partial charge in [0.15, 0.2) is 0 Å². The minimum Gasteiger partial charge on any atom is -0.385 e. The summed E-state index contributed by atoms with van der Waals surface area (Å²) in [5, 5.41) is 3.29. The Bertz CT molecular complexity index is 357. The second-order valence-corrected chi connectivity index (χ2v) is 4.18. The fourth-order valence-electron chi connectivity index (χ4n) is 1.93. The normalized spacial score (nSPS) is 10.4. The summed E-state index contributed by atoms with van der Waals surface area (Å²) >= 11 is 0. The van der Waals surface area contributed by atoms with Crippen molar-refractivity contribution in [2.75, 3.05) is 44.1 Å². The monoisotopic (exact) mass is 252 g/mol. The zero-order valence-electron chi connectivity index (χ0n) is 11.9. The third-order valence-corrected chi connectivity index (χ3v) is 2.82. The number of methoxy groups -OCH3 is 1. The molecule has 0 saturated carbocycles. The van der Waals surface area contributed by atoms with Crippen molar-refractivity contribution >= 4 is 11.6 Å². The molecule has 5 heteroatoms. The lowest BCUT2D eigenvalue weighted by Crippen LogP contribution is -2.23. The van der Waals surface area contributed by atoms with E-state index in [-0.39, 0.29) is 0 Å². The summed E-state index contributed by atoms with van der Waals surface area (Å²) < 4.78 is 5.08. The number of ether oxygens (including phenoxy) is 1. The first-order valence-electron chi connectivity index (χ1n) is 6.52. The van der Waals surface area contributed by atoms with Gasteiger partial charge in [-0.25, -0.2) is 9.97 Å². The molecule has 18 heavy (non-hydrogen) atoms. The second-order valence-electron chi connectivity index (χ2n) is 4.18. The van der Waals surface area contributed by atoms with Crippen molar-refractivity contribution in [3.05, 3.63) is 11.9 Å². The van der Waals surface area contributed by atoms with Gasteiger partial charge in [-0.05, 0) is 19.8 Å². The number of nitrogens with one attached hydrogen (secondary N) is 1. The van der Waals surface area contributed by atoms with Crippen LogP contribution in [-0.2, 0) is 11.2 Å². The Balaban J connectivity index is 2.82. The highest BCUT2D eigenvalue weighted by molar-refractivity contribution is 5.58. The minimum absolute atomic E-state index is 0.775. The Labute approximate surface area is 110 Å². The molecule has 1 rings (SSSR count). The van der Waals surface area contributed by atoms with E-state index in [2.05, 4.69) is 41.1 Å². The SMILES string of the molecule is CCNc1ncnc(N(C)CCCOC)c1CC. The van der Waals surface area contributed by atoms with Crippen LogP contribution in [0.15, 0.2) is 6.33 Å². The predicted molar refractivity (Wildman–Crippen MR) is 75.3 cm³/mol. The summed E-state index contributed by atoms with van der Waals surface area (Å²) in [6, 6.07) is 0. The van der Waals surface area contributed by atoms with Gasteiger partial charge in [0.2, 0.25) is 0 Å². The van der Waals surface area contributed by atoms with Crippen molar-refractivity contribution in [3.8, 4) is 0 Å². The number of nitrogens with zero attached hydrogens (tertiary/aromatic N) is 3. The van der Waals surface area contributed by atoms with Crippen LogP contribution in [0.25, 0.3) is 0 Å². The molecule has 0 aliphatic rings. The van der Waals surface area contributed by atoms with E-state index in [1.165, 1.54) is 5.56 Å². The van der Waals surface area contributed by atoms with Crippen molar-refractivity contribution in [2.45, 2.75) is 26.7 Å². The molecule has 0 spiro atoms. The minimum atomic E-state index is 0.775. The molecule has 0 amide bonds. The quantitative estimate of drug-likeness (QED) is 0.717. The smallest absolute Gasteiger partial charge is 0.137 e. The van der Waals surface area contributed by atoms with Crippen LogP contribution in [0.2, 0.25) is 0 Å². The van der Waals surface area contributed by atoms with Gasteiger partial charge in [-0.2, -0.15) is 0 Å². The highest BCUT2D eigenvalue weighted by Crippen LogP contribution is 2.23. The van der Waals surface area contributed by atoms with Gasteiger partial charge in [-0.1, -0.05) is 6.92 Å². The second kappa shape index (κ2) is 7.87. The van der Waals surface area contributed by atoms with Crippen LogP contribution in [0, 0.1) is 0 Å². The van der Waals surface area contributed by atoms with Crippen LogP contribution in [0.5, 0.6) is 0 Å². The fraction of sp³-hybridized carbons (Fsp3) is 0.692. The number of anilines is 2. The Morgan fingerprint density at radius 2 is 2.11 bits per heavy atom. The van der Waals surface area contributed by atoms with Gasteiger partial charge >= 0.3 is 0 Å². The number of rotatable bonds is 8. The van der Waals surface area contributed by atoms with E-state index < -0.39 is 0 Å². The molecule has 0 aliphatic carbocycles. The van der Waals surface area contributed by atoms with Crippen molar-refractivity contribution in [3.63, 3.8) is 0 Å². The Kier molecular flexibility index (Phi) is 6.43. The maximum absolute atomic E-state index is 5.08. The third-order valence-electron chi connectivity index (χ3n) is 2.82. The molecule has 0 atom stereocenters. The van der Waals surface area contributed by atoms with E-state index in [1.807, 2.05) is 0 Å². The summed E-state index contributed by atoms with van der Waals surface area (Å²) in [4.78, 5) is 10.9. The molecule has 0 aromatic carbocycles. The molecule has 0 unspecified atom stereocenters. The molecule has 0 fully saturated rings. The average molecular weight is 252 g/mol. The molecule has 0 radical (unpaired) electrons. The van der Waals surface area contributed by atoms with E-state index >= 15 is 0 Å². The lowest BCUT2D eigenvalue weighted by Gasteiger charge is -2.22. The molecule has 1 heterocycles. The molecular formula is C13H24N4O.